The molecule has 0 bridgehead atoms. The topological polar surface area (TPSA) is 57.8 Å². The molecule has 1 amide bonds. The van der Waals surface area contributed by atoms with E-state index < -0.39 is 5.91 Å². The lowest BCUT2D eigenvalue weighted by molar-refractivity contribution is -0.112. The number of carbonyl (C=O) groups excluding carboxylic acids is 1. The Bertz CT molecular complexity index is 1170. The second kappa shape index (κ2) is 8.73. The smallest absolute Gasteiger partial charge is 0.266 e. The minimum atomic E-state index is -0.402. The van der Waals surface area contributed by atoms with Gasteiger partial charge in [-0.05, 0) is 87.7 Å². The molecule has 0 aliphatic rings. The summed E-state index contributed by atoms with van der Waals surface area (Å²) in [5.41, 5.74) is 7.80. The maximum absolute atomic E-state index is 12.8. The number of anilines is 1. The number of nitrogens with one attached hydrogen (secondary N) is 1. The van der Waals surface area contributed by atoms with Crippen LogP contribution in [0.25, 0.3) is 11.8 Å². The molecule has 0 atom stereocenters. The largest absolute Gasteiger partial charge is 0.321 e. The summed E-state index contributed by atoms with van der Waals surface area (Å²) in [6, 6.07) is 16.1. The highest BCUT2D eigenvalue weighted by atomic mass is 79.9. The Kier molecular flexibility index (Phi) is 6.28. The number of benzene rings is 2. The molecule has 0 radical (unpaired) electrons. The van der Waals surface area contributed by atoms with Gasteiger partial charge in [0.25, 0.3) is 5.91 Å². The van der Waals surface area contributed by atoms with Crippen molar-refractivity contribution >= 4 is 33.6 Å². The molecule has 152 valence electrons. The molecule has 0 aliphatic carbocycles. The summed E-state index contributed by atoms with van der Waals surface area (Å²) in [5.74, 6) is -0.402. The molecule has 0 aliphatic heterocycles. The van der Waals surface area contributed by atoms with Gasteiger partial charge in [0, 0.05) is 27.2 Å². The predicted octanol–water partition coefficient (Wildman–Crippen LogP) is 6.33. The van der Waals surface area contributed by atoms with Crippen LogP contribution < -0.4 is 5.32 Å². The van der Waals surface area contributed by atoms with Gasteiger partial charge in [-0.2, -0.15) is 5.26 Å². The van der Waals surface area contributed by atoms with Gasteiger partial charge in [-0.1, -0.05) is 33.6 Å². The summed E-state index contributed by atoms with van der Waals surface area (Å²) < 4.78 is 3.12. The van der Waals surface area contributed by atoms with Gasteiger partial charge in [0.15, 0.2) is 0 Å². The molecule has 30 heavy (non-hydrogen) atoms. The van der Waals surface area contributed by atoms with Crippen LogP contribution in [0.4, 0.5) is 5.69 Å². The van der Waals surface area contributed by atoms with Crippen LogP contribution in [0.3, 0.4) is 0 Å². The van der Waals surface area contributed by atoms with Gasteiger partial charge in [-0.25, -0.2) is 0 Å². The highest BCUT2D eigenvalue weighted by molar-refractivity contribution is 9.10. The Morgan fingerprint density at radius 1 is 1.03 bits per heavy atom. The zero-order valence-corrected chi connectivity index (χ0v) is 19.4. The van der Waals surface area contributed by atoms with Gasteiger partial charge in [0.1, 0.15) is 11.6 Å². The maximum atomic E-state index is 12.8. The van der Waals surface area contributed by atoms with Crippen molar-refractivity contribution in [1.82, 2.24) is 4.57 Å². The van der Waals surface area contributed by atoms with Gasteiger partial charge in [-0.15, -0.1) is 0 Å². The Morgan fingerprint density at radius 3 is 2.20 bits per heavy atom. The number of hydrogen-bond donors (Lipinski definition) is 1. The Hall–Kier alpha value is -3.10. The summed E-state index contributed by atoms with van der Waals surface area (Å²) in [6.45, 7) is 9.93. The molecule has 0 spiro atoms. The van der Waals surface area contributed by atoms with E-state index in [0.29, 0.717) is 0 Å². The standard InChI is InChI=1S/C25H24BrN3O/c1-15-10-16(2)24(17(3)11-15)28-25(30)21(14-27)13-20-12-18(4)29(19(20)5)23-8-6-22(26)7-9-23/h6-13H,1-5H3,(H,28,30)/b21-13-. The number of aromatic nitrogens is 1. The van der Waals surface area contributed by atoms with Crippen LogP contribution in [0.5, 0.6) is 0 Å². The van der Waals surface area contributed by atoms with Crippen molar-refractivity contribution in [2.45, 2.75) is 34.6 Å². The third kappa shape index (κ3) is 4.39. The first kappa shape index (κ1) is 21.6. The fraction of sp³-hybridized carbons (Fsp3) is 0.200. The minimum absolute atomic E-state index is 0.0745. The zero-order chi connectivity index (χ0) is 22.0. The van der Waals surface area contributed by atoms with Gasteiger partial charge >= 0.3 is 0 Å². The van der Waals surface area contributed by atoms with Crippen molar-refractivity contribution in [2.75, 3.05) is 5.32 Å². The van der Waals surface area contributed by atoms with Crippen LogP contribution in [0.1, 0.15) is 33.6 Å². The molecule has 2 aromatic carbocycles. The number of nitrogens with zero attached hydrogens (tertiary/aromatic N) is 2. The number of aryl methyl sites for hydroxylation is 4. The van der Waals surface area contributed by atoms with E-state index in [9.17, 15) is 10.1 Å². The number of halogens is 1. The monoisotopic (exact) mass is 461 g/mol. The maximum Gasteiger partial charge on any atom is 0.266 e. The molecule has 0 fully saturated rings. The molecule has 1 heterocycles. The van der Waals surface area contributed by atoms with Crippen LogP contribution in [-0.4, -0.2) is 10.5 Å². The van der Waals surface area contributed by atoms with E-state index in [1.165, 1.54) is 0 Å². The van der Waals surface area contributed by atoms with E-state index in [4.69, 9.17) is 0 Å². The van der Waals surface area contributed by atoms with Crippen LogP contribution in [-0.2, 0) is 4.79 Å². The lowest BCUT2D eigenvalue weighted by Crippen LogP contribution is -2.15. The molecule has 1 aromatic heterocycles. The number of amides is 1. The van der Waals surface area contributed by atoms with Gasteiger partial charge in [-0.3, -0.25) is 4.79 Å². The third-order valence-corrected chi connectivity index (χ3v) is 5.66. The second-order valence-electron chi connectivity index (χ2n) is 7.54. The van der Waals surface area contributed by atoms with E-state index in [1.807, 2.05) is 77.1 Å². The molecule has 3 aromatic rings. The van der Waals surface area contributed by atoms with E-state index in [0.717, 1.165) is 49.5 Å². The van der Waals surface area contributed by atoms with Crippen LogP contribution >= 0.6 is 15.9 Å². The lowest BCUT2D eigenvalue weighted by atomic mass is 10.0. The van der Waals surface area contributed by atoms with Gasteiger partial charge in [0.2, 0.25) is 0 Å². The van der Waals surface area contributed by atoms with Crippen molar-refractivity contribution in [3.8, 4) is 11.8 Å². The van der Waals surface area contributed by atoms with Gasteiger partial charge in [0.05, 0.1) is 0 Å². The quantitative estimate of drug-likeness (QED) is 0.364. The van der Waals surface area contributed by atoms with Crippen LogP contribution in [0.2, 0.25) is 0 Å². The molecule has 5 heteroatoms. The van der Waals surface area contributed by atoms with Crippen molar-refractivity contribution in [3.63, 3.8) is 0 Å². The molecule has 0 saturated heterocycles. The van der Waals surface area contributed by atoms with Crippen molar-refractivity contribution in [3.05, 3.63) is 86.2 Å². The number of rotatable bonds is 4. The Morgan fingerprint density at radius 2 is 1.63 bits per heavy atom. The highest BCUT2D eigenvalue weighted by Gasteiger charge is 2.15. The van der Waals surface area contributed by atoms with E-state index in [1.54, 1.807) is 6.08 Å². The molecular formula is C25H24BrN3O. The fourth-order valence-electron chi connectivity index (χ4n) is 3.78. The summed E-state index contributed by atoms with van der Waals surface area (Å²) >= 11 is 3.46. The second-order valence-corrected chi connectivity index (χ2v) is 8.45. The average Bonchev–Trinajstić information content (AvgIpc) is 2.96. The molecule has 0 saturated carbocycles. The summed E-state index contributed by atoms with van der Waals surface area (Å²) in [4.78, 5) is 12.8. The number of carbonyl (C=O) groups is 1. The van der Waals surface area contributed by atoms with Crippen molar-refractivity contribution in [2.24, 2.45) is 0 Å². The SMILES string of the molecule is Cc1cc(C)c(NC(=O)/C(C#N)=C\c2cc(C)n(-c3ccc(Br)cc3)c2C)c(C)c1. The van der Waals surface area contributed by atoms with Crippen LogP contribution in [0.15, 0.2) is 52.5 Å². The third-order valence-electron chi connectivity index (χ3n) is 5.14. The van der Waals surface area contributed by atoms with E-state index in [-0.39, 0.29) is 5.57 Å². The van der Waals surface area contributed by atoms with Gasteiger partial charge < -0.3 is 9.88 Å². The van der Waals surface area contributed by atoms with E-state index in [2.05, 4.69) is 31.9 Å². The number of hydrogen-bond acceptors (Lipinski definition) is 2. The molecular weight excluding hydrogens is 438 g/mol. The first-order valence-electron chi connectivity index (χ1n) is 9.67. The van der Waals surface area contributed by atoms with E-state index >= 15 is 0 Å². The van der Waals surface area contributed by atoms with Crippen molar-refractivity contribution < 1.29 is 4.79 Å². The summed E-state index contributed by atoms with van der Waals surface area (Å²) in [6.07, 6.45) is 1.66. The minimum Gasteiger partial charge on any atom is -0.321 e. The Balaban J connectivity index is 1.95. The number of nitriles is 1. The fourth-order valence-corrected chi connectivity index (χ4v) is 4.05. The Labute approximate surface area is 186 Å². The predicted molar refractivity (Wildman–Crippen MR) is 126 cm³/mol. The average molecular weight is 462 g/mol. The van der Waals surface area contributed by atoms with Crippen molar-refractivity contribution in [1.29, 1.82) is 5.26 Å². The molecule has 4 nitrogen and oxygen atoms in total. The molecule has 1 N–H and O–H groups in total. The first-order chi connectivity index (χ1) is 14.2. The summed E-state index contributed by atoms with van der Waals surface area (Å²) in [7, 11) is 0. The highest BCUT2D eigenvalue weighted by Crippen LogP contribution is 2.25. The zero-order valence-electron chi connectivity index (χ0n) is 17.8. The normalized spacial score (nSPS) is 11.3. The first-order valence-corrected chi connectivity index (χ1v) is 10.5. The van der Waals surface area contributed by atoms with Crippen LogP contribution in [0, 0.1) is 45.9 Å². The molecule has 3 rings (SSSR count). The lowest BCUT2D eigenvalue weighted by Gasteiger charge is -2.12. The summed E-state index contributed by atoms with van der Waals surface area (Å²) in [5, 5.41) is 12.6. The molecule has 0 unspecified atom stereocenters.